The Hall–Kier alpha value is -3.55. The van der Waals surface area contributed by atoms with E-state index in [1.165, 1.54) is 0 Å². The van der Waals surface area contributed by atoms with E-state index in [0.717, 1.165) is 23.1 Å². The van der Waals surface area contributed by atoms with Crippen molar-refractivity contribution >= 4 is 11.9 Å². The number of aromatic amines is 1. The molecule has 0 bridgehead atoms. The second-order valence-corrected chi connectivity index (χ2v) is 6.96. The summed E-state index contributed by atoms with van der Waals surface area (Å²) in [5, 5.41) is 23.8. The number of H-pyrrole nitrogens is 1. The van der Waals surface area contributed by atoms with Gasteiger partial charge in [-0.1, -0.05) is 55.0 Å². The molecule has 0 aliphatic rings. The van der Waals surface area contributed by atoms with E-state index in [2.05, 4.69) is 20.6 Å². The monoisotopic (exact) mass is 393 g/mol. The average molecular weight is 393 g/mol. The van der Waals surface area contributed by atoms with E-state index in [1.54, 1.807) is 18.2 Å². The van der Waals surface area contributed by atoms with Crippen molar-refractivity contribution < 1.29 is 14.7 Å². The Kier molecular flexibility index (Phi) is 6.33. The minimum atomic E-state index is -0.860. The topological polar surface area (TPSA) is 135 Å². The first-order chi connectivity index (χ1) is 14.0. The van der Waals surface area contributed by atoms with Gasteiger partial charge >= 0.3 is 5.97 Å². The number of carbonyl (C=O) groups excluding carboxylic acids is 1. The standard InChI is InChI=1S/C21H23N5O3/c1-2-4-17(21(28)29)18(20-23-25-26-24-20)11-13-7-9-14(10-8-13)15-5-3-6-16(12-15)19(22)27/h3,5-10,12,17-18H,2,4,11H2,1H3,(H2,22,27)(H,28,29)(H,23,24,25,26)/t17-,18-/m0/s1. The number of carboxylic acids is 1. The maximum absolute atomic E-state index is 11.8. The van der Waals surface area contributed by atoms with Gasteiger partial charge in [-0.2, -0.15) is 5.21 Å². The molecule has 1 heterocycles. The number of nitrogens with two attached hydrogens (primary N) is 1. The lowest BCUT2D eigenvalue weighted by atomic mass is 9.83. The molecule has 0 saturated heterocycles. The lowest BCUT2D eigenvalue weighted by molar-refractivity contribution is -0.143. The van der Waals surface area contributed by atoms with Gasteiger partial charge in [0.1, 0.15) is 0 Å². The van der Waals surface area contributed by atoms with Crippen molar-refractivity contribution in [3.05, 3.63) is 65.5 Å². The van der Waals surface area contributed by atoms with Crippen molar-refractivity contribution in [3.63, 3.8) is 0 Å². The summed E-state index contributed by atoms with van der Waals surface area (Å²) < 4.78 is 0. The van der Waals surface area contributed by atoms with Crippen LogP contribution in [0, 0.1) is 5.92 Å². The smallest absolute Gasteiger partial charge is 0.307 e. The van der Waals surface area contributed by atoms with Crippen LogP contribution < -0.4 is 5.73 Å². The van der Waals surface area contributed by atoms with E-state index < -0.39 is 17.8 Å². The minimum Gasteiger partial charge on any atom is -0.481 e. The Bertz CT molecular complexity index is 970. The second-order valence-electron chi connectivity index (χ2n) is 6.96. The number of nitrogens with zero attached hydrogens (tertiary/aromatic N) is 3. The molecule has 150 valence electrons. The van der Waals surface area contributed by atoms with E-state index in [0.29, 0.717) is 24.2 Å². The third-order valence-electron chi connectivity index (χ3n) is 4.99. The van der Waals surface area contributed by atoms with Crippen molar-refractivity contribution in [2.75, 3.05) is 0 Å². The molecule has 8 nitrogen and oxygen atoms in total. The summed E-state index contributed by atoms with van der Waals surface area (Å²) >= 11 is 0. The molecule has 0 saturated carbocycles. The van der Waals surface area contributed by atoms with Gasteiger partial charge in [0, 0.05) is 11.5 Å². The second kappa shape index (κ2) is 9.09. The first-order valence-electron chi connectivity index (χ1n) is 9.45. The van der Waals surface area contributed by atoms with Crippen LogP contribution >= 0.6 is 0 Å². The van der Waals surface area contributed by atoms with Gasteiger partial charge in [0.05, 0.1) is 5.92 Å². The Morgan fingerprint density at radius 3 is 2.48 bits per heavy atom. The summed E-state index contributed by atoms with van der Waals surface area (Å²) in [5.41, 5.74) is 8.60. The molecule has 2 aromatic carbocycles. The predicted molar refractivity (Wildman–Crippen MR) is 107 cm³/mol. The normalized spacial score (nSPS) is 13.0. The third-order valence-corrected chi connectivity index (χ3v) is 4.99. The van der Waals surface area contributed by atoms with Gasteiger partial charge in [0.15, 0.2) is 5.82 Å². The van der Waals surface area contributed by atoms with Crippen LogP contribution in [0.4, 0.5) is 0 Å². The zero-order valence-electron chi connectivity index (χ0n) is 16.1. The molecule has 0 spiro atoms. The van der Waals surface area contributed by atoms with Crippen LogP contribution in [0.1, 0.15) is 47.4 Å². The lowest BCUT2D eigenvalue weighted by Crippen LogP contribution is -2.25. The fraction of sp³-hybridized carbons (Fsp3) is 0.286. The molecule has 3 aromatic rings. The summed E-state index contributed by atoms with van der Waals surface area (Å²) in [4.78, 5) is 23.2. The number of hydrogen-bond acceptors (Lipinski definition) is 5. The minimum absolute atomic E-state index is 0.379. The highest BCUT2D eigenvalue weighted by atomic mass is 16.4. The molecule has 0 radical (unpaired) electrons. The van der Waals surface area contributed by atoms with Crippen molar-refractivity contribution in [3.8, 4) is 11.1 Å². The number of aromatic nitrogens is 4. The number of carboxylic acid groups (broad SMARTS) is 1. The SMILES string of the molecule is CCC[C@H](C(=O)O)[C@H](Cc1ccc(-c2cccc(C(N)=O)c2)cc1)c1nn[nH]n1. The van der Waals surface area contributed by atoms with Crippen molar-refractivity contribution in [2.45, 2.75) is 32.1 Å². The third kappa shape index (κ3) is 4.84. The van der Waals surface area contributed by atoms with Gasteiger partial charge in [0.2, 0.25) is 5.91 Å². The van der Waals surface area contributed by atoms with Crippen LogP contribution in [-0.4, -0.2) is 37.6 Å². The van der Waals surface area contributed by atoms with E-state index in [-0.39, 0.29) is 5.92 Å². The van der Waals surface area contributed by atoms with Crippen LogP contribution in [0.25, 0.3) is 11.1 Å². The number of nitrogens with one attached hydrogen (secondary N) is 1. The fourth-order valence-corrected chi connectivity index (χ4v) is 3.49. The van der Waals surface area contributed by atoms with Gasteiger partial charge in [-0.15, -0.1) is 10.2 Å². The summed E-state index contributed by atoms with van der Waals surface area (Å²) in [5.74, 6) is -1.90. The molecular formula is C21H23N5O3. The molecule has 1 aromatic heterocycles. The number of carbonyl (C=O) groups is 2. The Labute approximate surface area is 168 Å². The number of rotatable bonds is 9. The summed E-state index contributed by atoms with van der Waals surface area (Å²) in [6.45, 7) is 1.96. The number of aliphatic carboxylic acids is 1. The maximum Gasteiger partial charge on any atom is 0.307 e. The molecule has 1 amide bonds. The number of benzene rings is 2. The lowest BCUT2D eigenvalue weighted by Gasteiger charge is -2.21. The van der Waals surface area contributed by atoms with E-state index in [4.69, 9.17) is 5.73 Å². The van der Waals surface area contributed by atoms with E-state index >= 15 is 0 Å². The van der Waals surface area contributed by atoms with Gasteiger partial charge in [-0.05, 0) is 41.7 Å². The van der Waals surface area contributed by atoms with Gasteiger partial charge in [0.25, 0.3) is 0 Å². The number of hydrogen-bond donors (Lipinski definition) is 3. The van der Waals surface area contributed by atoms with Gasteiger partial charge < -0.3 is 10.8 Å². The first-order valence-corrected chi connectivity index (χ1v) is 9.45. The summed E-state index contributed by atoms with van der Waals surface area (Å²) in [7, 11) is 0. The summed E-state index contributed by atoms with van der Waals surface area (Å²) in [6, 6.07) is 14.9. The molecule has 3 rings (SSSR count). The largest absolute Gasteiger partial charge is 0.481 e. The van der Waals surface area contributed by atoms with Crippen LogP contribution in [0.2, 0.25) is 0 Å². The fourth-order valence-electron chi connectivity index (χ4n) is 3.49. The Morgan fingerprint density at radius 1 is 1.14 bits per heavy atom. The molecule has 29 heavy (non-hydrogen) atoms. The predicted octanol–water partition coefficient (Wildman–Crippen LogP) is 2.79. The van der Waals surface area contributed by atoms with Gasteiger partial charge in [-0.3, -0.25) is 9.59 Å². The molecule has 2 atom stereocenters. The average Bonchev–Trinajstić information content (AvgIpc) is 3.25. The van der Waals surface area contributed by atoms with Crippen molar-refractivity contribution in [1.82, 2.24) is 20.6 Å². The van der Waals surface area contributed by atoms with Crippen LogP contribution in [-0.2, 0) is 11.2 Å². The Morgan fingerprint density at radius 2 is 1.90 bits per heavy atom. The molecule has 4 N–H and O–H groups in total. The number of primary amides is 1. The summed E-state index contributed by atoms with van der Waals surface area (Å²) in [6.07, 6.45) is 1.77. The van der Waals surface area contributed by atoms with E-state index in [9.17, 15) is 14.7 Å². The molecule has 0 aliphatic heterocycles. The van der Waals surface area contributed by atoms with E-state index in [1.807, 2.05) is 37.3 Å². The highest BCUT2D eigenvalue weighted by Crippen LogP contribution is 2.30. The highest BCUT2D eigenvalue weighted by molar-refractivity contribution is 5.94. The molecule has 8 heteroatoms. The molecule has 0 unspecified atom stereocenters. The Balaban J connectivity index is 1.85. The van der Waals surface area contributed by atoms with Crippen molar-refractivity contribution in [1.29, 1.82) is 0 Å². The molecular weight excluding hydrogens is 370 g/mol. The van der Waals surface area contributed by atoms with Gasteiger partial charge in [-0.25, -0.2) is 0 Å². The van der Waals surface area contributed by atoms with Crippen LogP contribution in [0.5, 0.6) is 0 Å². The maximum atomic E-state index is 11.8. The zero-order chi connectivity index (χ0) is 20.8. The van der Waals surface area contributed by atoms with Crippen molar-refractivity contribution in [2.24, 2.45) is 11.7 Å². The number of amides is 1. The first kappa shape index (κ1) is 20.2. The van der Waals surface area contributed by atoms with Crippen LogP contribution in [0.15, 0.2) is 48.5 Å². The quantitative estimate of drug-likeness (QED) is 0.511. The van der Waals surface area contributed by atoms with Crippen LogP contribution in [0.3, 0.4) is 0 Å². The highest BCUT2D eigenvalue weighted by Gasteiger charge is 2.31. The molecule has 0 aliphatic carbocycles. The zero-order valence-corrected chi connectivity index (χ0v) is 16.1. The molecule has 0 fully saturated rings. The number of tetrazole rings is 1.